The van der Waals surface area contributed by atoms with Crippen LogP contribution >= 0.6 is 0 Å². The molecule has 1 atom stereocenters. The van der Waals surface area contributed by atoms with E-state index in [0.717, 1.165) is 17.0 Å². The maximum Gasteiger partial charge on any atom is 0.223 e. The van der Waals surface area contributed by atoms with Crippen LogP contribution in [0.3, 0.4) is 0 Å². The number of amides is 1. The van der Waals surface area contributed by atoms with Crippen molar-refractivity contribution in [3.63, 3.8) is 0 Å². The highest BCUT2D eigenvalue weighted by atomic mass is 16.3. The van der Waals surface area contributed by atoms with E-state index in [0.29, 0.717) is 19.4 Å². The summed E-state index contributed by atoms with van der Waals surface area (Å²) < 4.78 is 0. The number of carbonyl (C=O) groups is 1. The highest BCUT2D eigenvalue weighted by Crippen LogP contribution is 2.15. The summed E-state index contributed by atoms with van der Waals surface area (Å²) in [7, 11) is 0. The normalized spacial score (nSPS) is 12.5. The maximum absolute atomic E-state index is 11.7. The molecule has 5 nitrogen and oxygen atoms in total. The summed E-state index contributed by atoms with van der Waals surface area (Å²) in [6.45, 7) is 6.44. The van der Waals surface area contributed by atoms with Crippen molar-refractivity contribution in [2.45, 2.75) is 33.6 Å². The number of aliphatic hydroxyl groups is 1. The first-order valence-corrected chi connectivity index (χ1v) is 5.95. The molecule has 0 saturated heterocycles. The second-order valence-corrected chi connectivity index (χ2v) is 4.39. The third-order valence-corrected chi connectivity index (χ3v) is 2.87. The van der Waals surface area contributed by atoms with Gasteiger partial charge in [0.1, 0.15) is 0 Å². The van der Waals surface area contributed by atoms with Gasteiger partial charge in [-0.3, -0.25) is 9.89 Å². The van der Waals surface area contributed by atoms with Crippen LogP contribution in [0.25, 0.3) is 0 Å². The van der Waals surface area contributed by atoms with Crippen LogP contribution < -0.4 is 5.32 Å². The number of aromatic nitrogens is 2. The Morgan fingerprint density at radius 3 is 2.76 bits per heavy atom. The molecule has 0 aliphatic rings. The van der Waals surface area contributed by atoms with E-state index in [1.54, 1.807) is 0 Å². The zero-order chi connectivity index (χ0) is 12.8. The van der Waals surface area contributed by atoms with E-state index in [4.69, 9.17) is 5.11 Å². The fourth-order valence-corrected chi connectivity index (χ4v) is 1.74. The molecule has 1 unspecified atom stereocenters. The second-order valence-electron chi connectivity index (χ2n) is 4.39. The van der Waals surface area contributed by atoms with E-state index < -0.39 is 0 Å². The van der Waals surface area contributed by atoms with Gasteiger partial charge in [-0.25, -0.2) is 0 Å². The number of carbonyl (C=O) groups excluding carboxylic acids is 1. The predicted octanol–water partition coefficient (Wildman–Crippen LogP) is 0.704. The maximum atomic E-state index is 11.7. The molecule has 5 heteroatoms. The van der Waals surface area contributed by atoms with Gasteiger partial charge in [0.05, 0.1) is 5.69 Å². The number of rotatable bonds is 6. The van der Waals surface area contributed by atoms with E-state index in [2.05, 4.69) is 15.5 Å². The van der Waals surface area contributed by atoms with Crippen molar-refractivity contribution in [2.75, 3.05) is 13.2 Å². The molecular formula is C12H21N3O2. The molecule has 0 spiro atoms. The van der Waals surface area contributed by atoms with E-state index in [1.165, 1.54) is 0 Å². The topological polar surface area (TPSA) is 78.0 Å². The molecule has 0 aliphatic heterocycles. The molecule has 0 aromatic carbocycles. The number of aryl methyl sites for hydroxylation is 2. The van der Waals surface area contributed by atoms with E-state index in [9.17, 15) is 4.79 Å². The van der Waals surface area contributed by atoms with Crippen LogP contribution in [-0.4, -0.2) is 34.4 Å². The van der Waals surface area contributed by atoms with Crippen LogP contribution in [0.1, 0.15) is 30.3 Å². The van der Waals surface area contributed by atoms with Crippen molar-refractivity contribution in [3.8, 4) is 0 Å². The molecule has 0 aliphatic carbocycles. The third-order valence-electron chi connectivity index (χ3n) is 2.87. The molecule has 3 N–H and O–H groups in total. The van der Waals surface area contributed by atoms with Gasteiger partial charge in [-0.2, -0.15) is 5.10 Å². The minimum absolute atomic E-state index is 0.0263. The smallest absolute Gasteiger partial charge is 0.223 e. The standard InChI is InChI=1S/C12H21N3O2/c1-8(12(17)13-5-4-6-16)7-11-9(2)14-15-10(11)3/h8,16H,4-7H2,1-3H3,(H,13,17)(H,14,15). The lowest BCUT2D eigenvalue weighted by Gasteiger charge is -2.12. The third kappa shape index (κ3) is 3.85. The molecule has 96 valence electrons. The molecular weight excluding hydrogens is 218 g/mol. The summed E-state index contributed by atoms with van der Waals surface area (Å²) >= 11 is 0. The zero-order valence-electron chi connectivity index (χ0n) is 10.7. The van der Waals surface area contributed by atoms with Crippen LogP contribution in [0.15, 0.2) is 0 Å². The Kier molecular flexibility index (Phi) is 5.15. The lowest BCUT2D eigenvalue weighted by atomic mass is 9.99. The molecule has 1 aromatic rings. The number of nitrogens with one attached hydrogen (secondary N) is 2. The SMILES string of the molecule is Cc1n[nH]c(C)c1CC(C)C(=O)NCCCO. The van der Waals surface area contributed by atoms with Gasteiger partial charge in [0.15, 0.2) is 0 Å². The Balaban J connectivity index is 2.48. The fourth-order valence-electron chi connectivity index (χ4n) is 1.74. The first-order chi connectivity index (χ1) is 8.06. The van der Waals surface area contributed by atoms with Crippen molar-refractivity contribution < 1.29 is 9.90 Å². The molecule has 0 radical (unpaired) electrons. The Morgan fingerprint density at radius 2 is 2.24 bits per heavy atom. The zero-order valence-corrected chi connectivity index (χ0v) is 10.7. The van der Waals surface area contributed by atoms with Crippen molar-refractivity contribution in [1.29, 1.82) is 0 Å². The molecule has 1 amide bonds. The largest absolute Gasteiger partial charge is 0.396 e. The van der Waals surface area contributed by atoms with Crippen LogP contribution in [0.5, 0.6) is 0 Å². The first kappa shape index (κ1) is 13.7. The number of aliphatic hydroxyl groups excluding tert-OH is 1. The average molecular weight is 239 g/mol. The van der Waals surface area contributed by atoms with Crippen molar-refractivity contribution in [1.82, 2.24) is 15.5 Å². The van der Waals surface area contributed by atoms with Gasteiger partial charge in [0.2, 0.25) is 5.91 Å². The monoisotopic (exact) mass is 239 g/mol. The van der Waals surface area contributed by atoms with Gasteiger partial charge in [0, 0.05) is 24.8 Å². The van der Waals surface area contributed by atoms with Gasteiger partial charge in [0.25, 0.3) is 0 Å². The summed E-state index contributed by atoms with van der Waals surface area (Å²) in [4.78, 5) is 11.7. The molecule has 17 heavy (non-hydrogen) atoms. The van der Waals surface area contributed by atoms with Crippen molar-refractivity contribution in [3.05, 3.63) is 17.0 Å². The molecule has 1 rings (SSSR count). The van der Waals surface area contributed by atoms with E-state index >= 15 is 0 Å². The summed E-state index contributed by atoms with van der Waals surface area (Å²) in [5.41, 5.74) is 3.10. The Labute approximate surface area is 102 Å². The lowest BCUT2D eigenvalue weighted by Crippen LogP contribution is -2.31. The quantitative estimate of drug-likeness (QED) is 0.640. The minimum Gasteiger partial charge on any atom is -0.396 e. The van der Waals surface area contributed by atoms with Gasteiger partial charge in [-0.1, -0.05) is 6.92 Å². The van der Waals surface area contributed by atoms with E-state index in [1.807, 2.05) is 20.8 Å². The Morgan fingerprint density at radius 1 is 1.53 bits per heavy atom. The van der Waals surface area contributed by atoms with Crippen LogP contribution in [-0.2, 0) is 11.2 Å². The van der Waals surface area contributed by atoms with Crippen LogP contribution in [0.2, 0.25) is 0 Å². The van der Waals surface area contributed by atoms with Gasteiger partial charge in [-0.15, -0.1) is 0 Å². The highest BCUT2D eigenvalue weighted by molar-refractivity contribution is 5.78. The van der Waals surface area contributed by atoms with Gasteiger partial charge >= 0.3 is 0 Å². The van der Waals surface area contributed by atoms with E-state index in [-0.39, 0.29) is 18.4 Å². The Bertz CT molecular complexity index is 354. The van der Waals surface area contributed by atoms with Gasteiger partial charge < -0.3 is 10.4 Å². The Hall–Kier alpha value is -1.36. The predicted molar refractivity (Wildman–Crippen MR) is 65.6 cm³/mol. The molecule has 0 fully saturated rings. The van der Waals surface area contributed by atoms with Crippen molar-refractivity contribution in [2.24, 2.45) is 5.92 Å². The van der Waals surface area contributed by atoms with Crippen LogP contribution in [0, 0.1) is 19.8 Å². The first-order valence-electron chi connectivity index (χ1n) is 5.95. The average Bonchev–Trinajstić information content (AvgIpc) is 2.61. The number of H-pyrrole nitrogens is 1. The molecule has 0 saturated carbocycles. The number of hydrogen-bond donors (Lipinski definition) is 3. The van der Waals surface area contributed by atoms with Gasteiger partial charge in [-0.05, 0) is 32.3 Å². The summed E-state index contributed by atoms with van der Waals surface area (Å²) in [6.07, 6.45) is 1.29. The number of nitrogens with zero attached hydrogens (tertiary/aromatic N) is 1. The molecule has 1 heterocycles. The number of aromatic amines is 1. The molecule has 0 bridgehead atoms. The summed E-state index contributed by atoms with van der Waals surface area (Å²) in [5.74, 6) is -0.0536. The summed E-state index contributed by atoms with van der Waals surface area (Å²) in [6, 6.07) is 0. The number of hydrogen-bond acceptors (Lipinski definition) is 3. The fraction of sp³-hybridized carbons (Fsp3) is 0.667. The van der Waals surface area contributed by atoms with Crippen LogP contribution in [0.4, 0.5) is 0 Å². The minimum atomic E-state index is -0.0799. The summed E-state index contributed by atoms with van der Waals surface area (Å²) in [5, 5.41) is 18.5. The second kappa shape index (κ2) is 6.39. The lowest BCUT2D eigenvalue weighted by molar-refractivity contribution is -0.124. The van der Waals surface area contributed by atoms with Crippen molar-refractivity contribution >= 4 is 5.91 Å². The molecule has 1 aromatic heterocycles. The highest BCUT2D eigenvalue weighted by Gasteiger charge is 2.16.